The Morgan fingerprint density at radius 1 is 0.911 bits per heavy atom. The molecule has 6 aliphatic rings. The molecule has 1 saturated heterocycles. The molecule has 0 spiro atoms. The van der Waals surface area contributed by atoms with Crippen molar-refractivity contribution < 1.29 is 8.42 Å². The van der Waals surface area contributed by atoms with Gasteiger partial charge in [-0.1, -0.05) is 24.3 Å². The van der Waals surface area contributed by atoms with Crippen LogP contribution in [0.3, 0.4) is 0 Å². The third-order valence-corrected chi connectivity index (χ3v) is 11.9. The zero-order valence-corrected chi connectivity index (χ0v) is 26.0. The first-order valence-corrected chi connectivity index (χ1v) is 17.6. The van der Waals surface area contributed by atoms with Crippen LogP contribution in [0.15, 0.2) is 117 Å². The van der Waals surface area contributed by atoms with Gasteiger partial charge in [-0.25, -0.2) is 18.4 Å². The van der Waals surface area contributed by atoms with E-state index in [0.29, 0.717) is 18.2 Å². The molecule has 6 heterocycles. The Hall–Kier alpha value is -4.05. The highest BCUT2D eigenvalue weighted by Gasteiger charge is 2.49. The summed E-state index contributed by atoms with van der Waals surface area (Å²) < 4.78 is 28.9. The van der Waals surface area contributed by atoms with Gasteiger partial charge in [0.15, 0.2) is 4.87 Å². The van der Waals surface area contributed by atoms with Gasteiger partial charge in [0.2, 0.25) is 9.84 Å². The number of hydrogen-bond acceptors (Lipinski definition) is 7. The number of sulfone groups is 1. The van der Waals surface area contributed by atoms with Crippen molar-refractivity contribution in [3.63, 3.8) is 0 Å². The standard InChI is InChI=1S/C36H38N6O2S/c43-45(44,30-4-2-1-3-5-30)36-16-12-33(42-36)35(31-22-34(31)38-19-15-24-13-17-37-18-14-24)32-11-10-28(41-32)21-26-7-6-25(39-26)20-27-8-9-29(23-36)40-27/h1-12,20-21,23-24,31,34,37-38,41-42H,13-19,22H2/t31-,34-,36?/m1/s1. The Bertz CT molecular complexity index is 1970. The lowest BCUT2D eigenvalue weighted by Crippen LogP contribution is -2.47. The topological polar surface area (TPSA) is 111 Å². The van der Waals surface area contributed by atoms with Crippen LogP contribution < -0.4 is 26.6 Å². The summed E-state index contributed by atoms with van der Waals surface area (Å²) in [6.45, 7) is 3.24. The molecule has 230 valence electrons. The quantitative estimate of drug-likeness (QED) is 0.381. The predicted molar refractivity (Wildman–Crippen MR) is 180 cm³/mol. The summed E-state index contributed by atoms with van der Waals surface area (Å²) in [5.41, 5.74) is 5.02. The maximum Gasteiger partial charge on any atom is 0.206 e. The van der Waals surface area contributed by atoms with Gasteiger partial charge in [-0.15, -0.1) is 0 Å². The van der Waals surface area contributed by atoms with E-state index in [1.165, 1.54) is 19.3 Å². The van der Waals surface area contributed by atoms with Gasteiger partial charge in [0.1, 0.15) is 0 Å². The van der Waals surface area contributed by atoms with Gasteiger partial charge in [-0.05, 0) is 118 Å². The Balaban J connectivity index is 1.19. The molecule has 45 heavy (non-hydrogen) atoms. The van der Waals surface area contributed by atoms with Crippen molar-refractivity contribution in [2.75, 3.05) is 19.6 Å². The van der Waals surface area contributed by atoms with E-state index >= 15 is 0 Å². The molecule has 0 amide bonds. The van der Waals surface area contributed by atoms with Gasteiger partial charge in [-0.2, -0.15) is 0 Å². The van der Waals surface area contributed by atoms with Crippen LogP contribution >= 0.6 is 0 Å². The highest BCUT2D eigenvalue weighted by atomic mass is 32.2. The van der Waals surface area contributed by atoms with Crippen molar-refractivity contribution in [1.29, 1.82) is 0 Å². The summed E-state index contributed by atoms with van der Waals surface area (Å²) in [5, 5.41) is 12.8. The molecule has 4 N–H and O–H groups in total. The fourth-order valence-corrected chi connectivity index (χ4v) is 8.92. The van der Waals surface area contributed by atoms with E-state index in [0.717, 1.165) is 71.1 Å². The zero-order chi connectivity index (χ0) is 30.4. The molecule has 5 aliphatic heterocycles. The Kier molecular flexibility index (Phi) is 7.19. The Morgan fingerprint density at radius 3 is 2.53 bits per heavy atom. The Morgan fingerprint density at radius 2 is 1.69 bits per heavy atom. The molecule has 1 aliphatic carbocycles. The lowest BCUT2D eigenvalue weighted by molar-refractivity contribution is 0.347. The SMILES string of the molecule is O=S(=O)(c1ccccc1)C12C=C3C=CC(=N3)C=C3C=CC(=N3)C=c3ccc([nH]3)=C([C@@H]3C[C@H]3NCCC3CCNCC3)C(=CC1)N2. The predicted octanol–water partition coefficient (Wildman–Crippen LogP) is 3.16. The largest absolute Gasteiger partial charge is 0.363 e. The second-order valence-corrected chi connectivity index (χ2v) is 15.0. The number of H-pyrrole nitrogens is 1. The van der Waals surface area contributed by atoms with E-state index in [4.69, 9.17) is 9.98 Å². The van der Waals surface area contributed by atoms with Crippen LogP contribution in [-0.4, -0.2) is 55.4 Å². The third-order valence-electron chi connectivity index (χ3n) is 9.70. The van der Waals surface area contributed by atoms with Gasteiger partial charge in [-0.3, -0.25) is 0 Å². The summed E-state index contributed by atoms with van der Waals surface area (Å²) in [6, 6.07) is 13.3. The van der Waals surface area contributed by atoms with Gasteiger partial charge in [0, 0.05) is 40.3 Å². The fourth-order valence-electron chi connectivity index (χ4n) is 7.16. The third kappa shape index (κ3) is 5.54. The summed E-state index contributed by atoms with van der Waals surface area (Å²) in [7, 11) is -3.85. The molecular formula is C36H38N6O2S. The second-order valence-electron chi connectivity index (χ2n) is 12.8. The number of aromatic amines is 1. The lowest BCUT2D eigenvalue weighted by Gasteiger charge is -2.29. The van der Waals surface area contributed by atoms with Crippen LogP contribution in [0.5, 0.6) is 0 Å². The molecule has 3 atom stereocenters. The van der Waals surface area contributed by atoms with Crippen molar-refractivity contribution in [2.45, 2.75) is 47.9 Å². The fraction of sp³-hybridized carbons (Fsp3) is 0.333. The number of piperidine rings is 1. The van der Waals surface area contributed by atoms with E-state index in [1.54, 1.807) is 30.3 Å². The number of nitrogens with one attached hydrogen (secondary N) is 4. The molecule has 2 fully saturated rings. The first-order valence-electron chi connectivity index (χ1n) is 16.1. The summed E-state index contributed by atoms with van der Waals surface area (Å²) in [5.74, 6) is 1.04. The lowest BCUT2D eigenvalue weighted by atomic mass is 9.95. The maximum absolute atomic E-state index is 14.5. The van der Waals surface area contributed by atoms with Crippen LogP contribution in [0, 0.1) is 11.8 Å². The number of hydrogen-bond donors (Lipinski definition) is 4. The molecule has 8 nitrogen and oxygen atoms in total. The van der Waals surface area contributed by atoms with Gasteiger partial charge in [0.05, 0.1) is 27.7 Å². The number of allylic oxidation sites excluding steroid dienone is 6. The van der Waals surface area contributed by atoms with E-state index < -0.39 is 14.7 Å². The van der Waals surface area contributed by atoms with E-state index in [2.05, 4.69) is 39.1 Å². The normalized spacial score (nSPS) is 27.3. The monoisotopic (exact) mass is 618 g/mol. The van der Waals surface area contributed by atoms with E-state index in [1.807, 2.05) is 42.5 Å². The minimum absolute atomic E-state index is 0.263. The molecule has 9 heteroatoms. The van der Waals surface area contributed by atoms with Gasteiger partial charge in [0.25, 0.3) is 0 Å². The molecule has 8 rings (SSSR count). The van der Waals surface area contributed by atoms with Crippen molar-refractivity contribution >= 4 is 32.9 Å². The maximum atomic E-state index is 14.5. The Labute approximate surface area is 263 Å². The minimum Gasteiger partial charge on any atom is -0.363 e. The van der Waals surface area contributed by atoms with E-state index in [-0.39, 0.29) is 10.8 Å². The summed E-state index contributed by atoms with van der Waals surface area (Å²) in [4.78, 5) is 12.1. The number of fused-ring (bicyclic) bond motifs is 6. The van der Waals surface area contributed by atoms with Crippen molar-refractivity contribution in [3.05, 3.63) is 113 Å². The highest BCUT2D eigenvalue weighted by Crippen LogP contribution is 2.45. The van der Waals surface area contributed by atoms with Crippen LogP contribution in [-0.2, 0) is 9.84 Å². The number of aliphatic imine (C=N–C) groups is 2. The molecule has 8 bridgehead atoms. The van der Waals surface area contributed by atoms with Crippen LogP contribution in [0.25, 0.3) is 11.6 Å². The van der Waals surface area contributed by atoms with Gasteiger partial charge >= 0.3 is 0 Å². The number of benzene rings is 1. The number of aromatic nitrogens is 1. The van der Waals surface area contributed by atoms with Crippen LogP contribution in [0.1, 0.15) is 32.1 Å². The molecule has 0 radical (unpaired) electrons. The van der Waals surface area contributed by atoms with Crippen molar-refractivity contribution in [2.24, 2.45) is 21.8 Å². The van der Waals surface area contributed by atoms with Crippen LogP contribution in [0.4, 0.5) is 0 Å². The first kappa shape index (κ1) is 28.4. The minimum atomic E-state index is -3.85. The molecule has 1 aromatic carbocycles. The average molecular weight is 619 g/mol. The second kappa shape index (κ2) is 11.4. The van der Waals surface area contributed by atoms with Crippen molar-refractivity contribution in [1.82, 2.24) is 20.9 Å². The smallest absolute Gasteiger partial charge is 0.206 e. The van der Waals surface area contributed by atoms with Crippen LogP contribution in [0.2, 0.25) is 0 Å². The highest BCUT2D eigenvalue weighted by molar-refractivity contribution is 7.93. The van der Waals surface area contributed by atoms with Gasteiger partial charge < -0.3 is 20.9 Å². The zero-order valence-electron chi connectivity index (χ0n) is 25.2. The van der Waals surface area contributed by atoms with Crippen molar-refractivity contribution in [3.8, 4) is 0 Å². The average Bonchev–Trinajstić information content (AvgIpc) is 3.53. The molecular weight excluding hydrogens is 581 g/mol. The molecule has 1 unspecified atom stereocenters. The number of rotatable bonds is 7. The summed E-state index contributed by atoms with van der Waals surface area (Å²) in [6.07, 6.45) is 20.6. The molecule has 2 aromatic rings. The first-order chi connectivity index (χ1) is 22.0. The molecule has 1 saturated carbocycles. The van der Waals surface area contributed by atoms with E-state index in [9.17, 15) is 8.42 Å². The number of nitrogens with zero attached hydrogens (tertiary/aromatic N) is 2. The summed E-state index contributed by atoms with van der Waals surface area (Å²) >= 11 is 0. The molecule has 1 aromatic heterocycles.